The molecule has 32 heavy (non-hydrogen) atoms. The van der Waals surface area contributed by atoms with Crippen molar-refractivity contribution in [2.75, 3.05) is 31.0 Å². The van der Waals surface area contributed by atoms with E-state index in [-0.39, 0.29) is 11.8 Å². The lowest BCUT2D eigenvalue weighted by Gasteiger charge is -2.16. The average molecular weight is 432 g/mol. The van der Waals surface area contributed by atoms with E-state index in [1.54, 1.807) is 85.8 Å². The minimum absolute atomic E-state index is 0.116. The van der Waals surface area contributed by atoms with Gasteiger partial charge in [0.25, 0.3) is 5.91 Å². The number of hydrogen-bond acceptors (Lipinski definition) is 5. The van der Waals surface area contributed by atoms with Crippen LogP contribution in [0.15, 0.2) is 66.7 Å². The Hall–Kier alpha value is -4.00. The van der Waals surface area contributed by atoms with Crippen LogP contribution in [0.4, 0.5) is 11.4 Å². The SMILES string of the molecule is COc1ccc(Oc2cc(NC(=O)c3ccc(N4CCCC4=O)cc3)ccc2OC)cc1. The van der Waals surface area contributed by atoms with Crippen LogP contribution in [0.2, 0.25) is 0 Å². The Kier molecular flexibility index (Phi) is 6.26. The Morgan fingerprint density at radius 2 is 1.59 bits per heavy atom. The van der Waals surface area contributed by atoms with E-state index in [0.717, 1.165) is 17.9 Å². The minimum Gasteiger partial charge on any atom is -0.497 e. The molecule has 164 valence electrons. The van der Waals surface area contributed by atoms with Crippen LogP contribution in [-0.4, -0.2) is 32.6 Å². The van der Waals surface area contributed by atoms with E-state index in [1.807, 2.05) is 0 Å². The van der Waals surface area contributed by atoms with Crippen LogP contribution in [0.3, 0.4) is 0 Å². The van der Waals surface area contributed by atoms with Crippen LogP contribution in [0.5, 0.6) is 23.0 Å². The fourth-order valence-electron chi connectivity index (χ4n) is 3.52. The van der Waals surface area contributed by atoms with Crippen molar-refractivity contribution in [1.29, 1.82) is 0 Å². The number of rotatable bonds is 7. The maximum absolute atomic E-state index is 12.7. The zero-order valence-corrected chi connectivity index (χ0v) is 18.0. The number of hydrogen-bond donors (Lipinski definition) is 1. The third-order valence-electron chi connectivity index (χ3n) is 5.22. The number of amides is 2. The number of anilines is 2. The molecule has 1 aliphatic rings. The standard InChI is InChI=1S/C25H24N2O5/c1-30-20-10-12-21(13-11-20)32-23-16-18(7-14-22(23)31-2)26-25(29)17-5-8-19(9-6-17)27-15-3-4-24(27)28/h5-14,16H,3-4,15H2,1-2H3,(H,26,29). The fourth-order valence-corrected chi connectivity index (χ4v) is 3.52. The minimum atomic E-state index is -0.259. The average Bonchev–Trinajstić information content (AvgIpc) is 3.25. The van der Waals surface area contributed by atoms with Crippen LogP contribution in [0.25, 0.3) is 0 Å². The van der Waals surface area contributed by atoms with Gasteiger partial charge in [-0.25, -0.2) is 0 Å². The van der Waals surface area contributed by atoms with Crippen molar-refractivity contribution >= 4 is 23.2 Å². The number of benzene rings is 3. The molecule has 2 amide bonds. The Balaban J connectivity index is 1.47. The number of nitrogens with one attached hydrogen (secondary N) is 1. The molecule has 0 unspecified atom stereocenters. The molecule has 1 aliphatic heterocycles. The lowest BCUT2D eigenvalue weighted by molar-refractivity contribution is -0.117. The van der Waals surface area contributed by atoms with Crippen LogP contribution in [0, 0.1) is 0 Å². The van der Waals surface area contributed by atoms with Crippen LogP contribution in [-0.2, 0) is 4.79 Å². The number of ether oxygens (including phenoxy) is 3. The molecular formula is C25H24N2O5. The Labute approximate surface area is 186 Å². The van der Waals surface area contributed by atoms with Gasteiger partial charge in [-0.05, 0) is 67.1 Å². The molecule has 0 atom stereocenters. The molecule has 0 saturated carbocycles. The smallest absolute Gasteiger partial charge is 0.255 e. The summed E-state index contributed by atoms with van der Waals surface area (Å²) in [4.78, 5) is 26.4. The topological polar surface area (TPSA) is 77.1 Å². The second-order valence-corrected chi connectivity index (χ2v) is 7.29. The Bertz CT molecular complexity index is 1110. The lowest BCUT2D eigenvalue weighted by atomic mass is 10.1. The van der Waals surface area contributed by atoms with Gasteiger partial charge in [-0.1, -0.05) is 0 Å². The second kappa shape index (κ2) is 9.43. The van der Waals surface area contributed by atoms with Crippen molar-refractivity contribution < 1.29 is 23.8 Å². The monoisotopic (exact) mass is 432 g/mol. The fraction of sp³-hybridized carbons (Fsp3) is 0.200. The van der Waals surface area contributed by atoms with Crippen molar-refractivity contribution in [1.82, 2.24) is 0 Å². The van der Waals surface area contributed by atoms with E-state index in [4.69, 9.17) is 14.2 Å². The summed E-state index contributed by atoms with van der Waals surface area (Å²) in [5.74, 6) is 2.21. The van der Waals surface area contributed by atoms with Crippen molar-refractivity contribution in [2.24, 2.45) is 0 Å². The first-order valence-electron chi connectivity index (χ1n) is 10.3. The third kappa shape index (κ3) is 4.67. The summed E-state index contributed by atoms with van der Waals surface area (Å²) < 4.78 is 16.5. The molecule has 4 rings (SSSR count). The zero-order chi connectivity index (χ0) is 22.5. The predicted molar refractivity (Wildman–Crippen MR) is 122 cm³/mol. The van der Waals surface area contributed by atoms with Gasteiger partial charge in [0.1, 0.15) is 11.5 Å². The normalized spacial score (nSPS) is 13.1. The largest absolute Gasteiger partial charge is 0.497 e. The molecular weight excluding hydrogens is 408 g/mol. The molecule has 0 aromatic heterocycles. The number of nitrogens with zero attached hydrogens (tertiary/aromatic N) is 1. The van der Waals surface area contributed by atoms with Gasteiger partial charge in [-0.15, -0.1) is 0 Å². The number of carbonyl (C=O) groups is 2. The summed E-state index contributed by atoms with van der Waals surface area (Å²) in [6, 6.07) is 19.4. The summed E-state index contributed by atoms with van der Waals surface area (Å²) in [6.07, 6.45) is 1.43. The summed E-state index contributed by atoms with van der Waals surface area (Å²) in [7, 11) is 3.16. The van der Waals surface area contributed by atoms with E-state index < -0.39 is 0 Å². The van der Waals surface area contributed by atoms with Crippen LogP contribution < -0.4 is 24.4 Å². The Morgan fingerprint density at radius 1 is 0.875 bits per heavy atom. The summed E-state index contributed by atoms with van der Waals surface area (Å²) in [5.41, 5.74) is 1.87. The van der Waals surface area contributed by atoms with Gasteiger partial charge in [0, 0.05) is 36.0 Å². The molecule has 0 bridgehead atoms. The van der Waals surface area contributed by atoms with E-state index in [9.17, 15) is 9.59 Å². The first-order valence-corrected chi connectivity index (χ1v) is 10.3. The van der Waals surface area contributed by atoms with Gasteiger partial charge >= 0.3 is 0 Å². The summed E-state index contributed by atoms with van der Waals surface area (Å²) >= 11 is 0. The molecule has 1 N–H and O–H groups in total. The Morgan fingerprint density at radius 3 is 2.22 bits per heavy atom. The third-order valence-corrected chi connectivity index (χ3v) is 5.22. The van der Waals surface area contributed by atoms with Crippen molar-refractivity contribution in [3.05, 3.63) is 72.3 Å². The maximum atomic E-state index is 12.7. The molecule has 7 nitrogen and oxygen atoms in total. The molecule has 3 aromatic rings. The molecule has 0 radical (unpaired) electrons. The first kappa shape index (κ1) is 21.2. The van der Waals surface area contributed by atoms with Gasteiger partial charge in [-0.2, -0.15) is 0 Å². The molecule has 1 saturated heterocycles. The van der Waals surface area contributed by atoms with Crippen LogP contribution in [0.1, 0.15) is 23.2 Å². The van der Waals surface area contributed by atoms with Gasteiger partial charge in [0.05, 0.1) is 14.2 Å². The highest BCUT2D eigenvalue weighted by Gasteiger charge is 2.21. The maximum Gasteiger partial charge on any atom is 0.255 e. The number of carbonyl (C=O) groups excluding carboxylic acids is 2. The highest BCUT2D eigenvalue weighted by Crippen LogP contribution is 2.34. The van der Waals surface area contributed by atoms with Crippen molar-refractivity contribution in [2.45, 2.75) is 12.8 Å². The molecule has 0 aliphatic carbocycles. The summed E-state index contributed by atoms with van der Waals surface area (Å²) in [6.45, 7) is 0.715. The quantitative estimate of drug-likeness (QED) is 0.576. The number of methoxy groups -OCH3 is 2. The zero-order valence-electron chi connectivity index (χ0n) is 18.0. The highest BCUT2D eigenvalue weighted by atomic mass is 16.5. The molecule has 1 heterocycles. The molecule has 0 spiro atoms. The second-order valence-electron chi connectivity index (χ2n) is 7.29. The van der Waals surface area contributed by atoms with Gasteiger partial charge in [-0.3, -0.25) is 9.59 Å². The van der Waals surface area contributed by atoms with E-state index in [2.05, 4.69) is 5.32 Å². The van der Waals surface area contributed by atoms with Crippen molar-refractivity contribution in [3.63, 3.8) is 0 Å². The first-order chi connectivity index (χ1) is 15.6. The van der Waals surface area contributed by atoms with Gasteiger partial charge < -0.3 is 24.4 Å². The molecule has 3 aromatic carbocycles. The van der Waals surface area contributed by atoms with Crippen LogP contribution >= 0.6 is 0 Å². The summed E-state index contributed by atoms with van der Waals surface area (Å²) in [5, 5.41) is 2.88. The van der Waals surface area contributed by atoms with E-state index in [1.165, 1.54) is 0 Å². The van der Waals surface area contributed by atoms with E-state index >= 15 is 0 Å². The van der Waals surface area contributed by atoms with Gasteiger partial charge in [0.15, 0.2) is 11.5 Å². The van der Waals surface area contributed by atoms with E-state index in [0.29, 0.717) is 41.5 Å². The predicted octanol–water partition coefficient (Wildman–Crippen LogP) is 4.88. The van der Waals surface area contributed by atoms with Crippen molar-refractivity contribution in [3.8, 4) is 23.0 Å². The van der Waals surface area contributed by atoms with Gasteiger partial charge in [0.2, 0.25) is 5.91 Å². The highest BCUT2D eigenvalue weighted by molar-refractivity contribution is 6.05. The lowest BCUT2D eigenvalue weighted by Crippen LogP contribution is -2.23. The molecule has 1 fully saturated rings. The molecule has 7 heteroatoms.